The molecule has 0 radical (unpaired) electrons. The highest BCUT2D eigenvalue weighted by Crippen LogP contribution is 2.35. The van der Waals surface area contributed by atoms with Crippen molar-refractivity contribution >= 4 is 44.6 Å². The Bertz CT molecular complexity index is 1340. The largest absolute Gasteiger partial charge is 0.495 e. The van der Waals surface area contributed by atoms with Crippen molar-refractivity contribution in [3.63, 3.8) is 0 Å². The smallest absolute Gasteiger partial charge is 0.243 e. The Balaban J connectivity index is 1.41. The van der Waals surface area contributed by atoms with Crippen LogP contribution in [0.15, 0.2) is 52.6 Å². The number of aromatic nitrogens is 3. The molecular formula is C22H22ClN5O3S. The number of sulfonamides is 1. The van der Waals surface area contributed by atoms with Crippen molar-refractivity contribution in [2.24, 2.45) is 4.99 Å². The summed E-state index contributed by atoms with van der Waals surface area (Å²) >= 11 is 6.16. The first-order chi connectivity index (χ1) is 15.5. The van der Waals surface area contributed by atoms with Gasteiger partial charge in [0.05, 0.1) is 17.0 Å². The van der Waals surface area contributed by atoms with E-state index >= 15 is 0 Å². The van der Waals surface area contributed by atoms with E-state index in [1.165, 1.54) is 23.5 Å². The Morgan fingerprint density at radius 3 is 2.69 bits per heavy atom. The van der Waals surface area contributed by atoms with Crippen molar-refractivity contribution in [3.05, 3.63) is 53.6 Å². The molecule has 5 rings (SSSR count). The molecule has 8 nitrogen and oxygen atoms in total. The van der Waals surface area contributed by atoms with E-state index in [9.17, 15) is 8.42 Å². The van der Waals surface area contributed by atoms with Gasteiger partial charge in [0.15, 0.2) is 5.65 Å². The van der Waals surface area contributed by atoms with E-state index in [1.54, 1.807) is 12.3 Å². The molecule has 0 atom stereocenters. The molecule has 2 aliphatic heterocycles. The minimum atomic E-state index is -3.65. The number of halogens is 1. The summed E-state index contributed by atoms with van der Waals surface area (Å²) in [6.07, 6.45) is 7.51. The number of hydrogen-bond donors (Lipinski definition) is 0. The summed E-state index contributed by atoms with van der Waals surface area (Å²) in [7, 11) is -2.15. The van der Waals surface area contributed by atoms with Crippen molar-refractivity contribution in [2.75, 3.05) is 20.2 Å². The van der Waals surface area contributed by atoms with E-state index in [0.29, 0.717) is 31.7 Å². The molecular weight excluding hydrogens is 450 g/mol. The van der Waals surface area contributed by atoms with Gasteiger partial charge in [0, 0.05) is 49.7 Å². The summed E-state index contributed by atoms with van der Waals surface area (Å²) in [4.78, 5) is 13.8. The number of allylic oxidation sites excluding steroid dienone is 1. The third kappa shape index (κ3) is 3.60. The Morgan fingerprint density at radius 2 is 2.00 bits per heavy atom. The van der Waals surface area contributed by atoms with Gasteiger partial charge >= 0.3 is 0 Å². The topological polar surface area (TPSA) is 89.7 Å². The second kappa shape index (κ2) is 8.31. The van der Waals surface area contributed by atoms with E-state index in [-0.39, 0.29) is 16.0 Å². The average Bonchev–Trinajstić information content (AvgIpc) is 3.47. The first kappa shape index (κ1) is 21.1. The molecule has 1 fully saturated rings. The molecule has 4 heterocycles. The van der Waals surface area contributed by atoms with Crippen LogP contribution in [-0.4, -0.2) is 53.7 Å². The van der Waals surface area contributed by atoms with Crippen LogP contribution in [0.25, 0.3) is 16.7 Å². The summed E-state index contributed by atoms with van der Waals surface area (Å²) in [6.45, 7) is 0.802. The highest BCUT2D eigenvalue weighted by atomic mass is 35.5. The van der Waals surface area contributed by atoms with Crippen LogP contribution in [0.4, 0.5) is 0 Å². The molecule has 32 heavy (non-hydrogen) atoms. The van der Waals surface area contributed by atoms with Gasteiger partial charge in [0.1, 0.15) is 17.1 Å². The molecule has 2 aromatic heterocycles. The van der Waals surface area contributed by atoms with Gasteiger partial charge in [-0.1, -0.05) is 11.6 Å². The normalized spacial score (nSPS) is 17.8. The molecule has 166 valence electrons. The Labute approximate surface area is 191 Å². The zero-order valence-electron chi connectivity index (χ0n) is 17.5. The molecule has 10 heteroatoms. The lowest BCUT2D eigenvalue weighted by Gasteiger charge is -2.32. The number of benzene rings is 1. The summed E-state index contributed by atoms with van der Waals surface area (Å²) in [5.74, 6) is 1.31. The number of ether oxygens (including phenoxy) is 1. The molecule has 0 bridgehead atoms. The minimum absolute atomic E-state index is 0.0947. The van der Waals surface area contributed by atoms with Crippen molar-refractivity contribution in [1.82, 2.24) is 18.8 Å². The fourth-order valence-electron chi connectivity index (χ4n) is 4.29. The molecule has 0 unspecified atom stereocenters. The SMILES string of the molecule is COc1ccc(S(=O)(=O)N2CCC(n3c(C4=CN=CC4)nc4cccnc43)CC2)cc1Cl. The lowest BCUT2D eigenvalue weighted by atomic mass is 10.1. The third-order valence-corrected chi connectivity index (χ3v) is 8.12. The number of aliphatic imine (C=N–C) groups is 1. The fourth-order valence-corrected chi connectivity index (χ4v) is 6.11. The average molecular weight is 472 g/mol. The maximum atomic E-state index is 13.2. The highest BCUT2D eigenvalue weighted by molar-refractivity contribution is 7.89. The maximum Gasteiger partial charge on any atom is 0.243 e. The molecule has 0 N–H and O–H groups in total. The van der Waals surface area contributed by atoms with Gasteiger partial charge in [-0.2, -0.15) is 4.31 Å². The number of imidazole rings is 1. The minimum Gasteiger partial charge on any atom is -0.495 e. The number of rotatable bonds is 5. The highest BCUT2D eigenvalue weighted by Gasteiger charge is 2.32. The molecule has 1 saturated heterocycles. The van der Waals surface area contributed by atoms with Crippen LogP contribution in [-0.2, 0) is 10.0 Å². The number of nitrogens with zero attached hydrogens (tertiary/aromatic N) is 5. The van der Waals surface area contributed by atoms with Crippen LogP contribution in [0.5, 0.6) is 5.75 Å². The Morgan fingerprint density at radius 1 is 1.19 bits per heavy atom. The van der Waals surface area contributed by atoms with Crippen LogP contribution >= 0.6 is 11.6 Å². The predicted octanol–water partition coefficient (Wildman–Crippen LogP) is 3.93. The zero-order valence-corrected chi connectivity index (χ0v) is 19.1. The Kier molecular flexibility index (Phi) is 5.48. The lowest BCUT2D eigenvalue weighted by Crippen LogP contribution is -2.39. The van der Waals surface area contributed by atoms with Crippen molar-refractivity contribution in [3.8, 4) is 5.75 Å². The monoisotopic (exact) mass is 471 g/mol. The van der Waals surface area contributed by atoms with E-state index in [0.717, 1.165) is 29.0 Å². The van der Waals surface area contributed by atoms with Crippen LogP contribution < -0.4 is 4.74 Å². The molecule has 0 aliphatic carbocycles. The van der Waals surface area contributed by atoms with Gasteiger partial charge < -0.3 is 9.30 Å². The third-order valence-electron chi connectivity index (χ3n) is 5.93. The standard InChI is InChI=1S/C22H22ClN5O3S/c1-31-20-5-4-17(13-18(20)23)32(29,30)27-11-7-16(8-12-27)28-21(15-6-10-24-14-15)26-19-3-2-9-25-22(19)28/h2-5,9-10,13-14,16H,6-8,11-12H2,1H3. The van der Waals surface area contributed by atoms with Gasteiger partial charge in [-0.3, -0.25) is 4.99 Å². The summed E-state index contributed by atoms with van der Waals surface area (Å²) in [6, 6.07) is 8.47. The second-order valence-corrected chi connectivity index (χ2v) is 10.1. The van der Waals surface area contributed by atoms with Crippen molar-refractivity contribution < 1.29 is 13.2 Å². The van der Waals surface area contributed by atoms with E-state index < -0.39 is 10.0 Å². The van der Waals surface area contributed by atoms with Crippen molar-refractivity contribution in [2.45, 2.75) is 30.2 Å². The van der Waals surface area contributed by atoms with Gasteiger partial charge in [0.2, 0.25) is 10.0 Å². The number of methoxy groups -OCH3 is 1. The number of piperidine rings is 1. The molecule has 2 aliphatic rings. The van der Waals surface area contributed by atoms with Crippen LogP contribution in [0.2, 0.25) is 5.02 Å². The second-order valence-electron chi connectivity index (χ2n) is 7.77. The van der Waals surface area contributed by atoms with Gasteiger partial charge in [-0.05, 0) is 43.2 Å². The lowest BCUT2D eigenvalue weighted by molar-refractivity contribution is 0.276. The summed E-state index contributed by atoms with van der Waals surface area (Å²) in [5, 5.41) is 0.274. The van der Waals surface area contributed by atoms with E-state index in [4.69, 9.17) is 21.3 Å². The number of hydrogen-bond acceptors (Lipinski definition) is 6. The van der Waals surface area contributed by atoms with Crippen LogP contribution in [0.1, 0.15) is 31.1 Å². The maximum absolute atomic E-state index is 13.2. The molecule has 3 aromatic rings. The first-order valence-electron chi connectivity index (χ1n) is 10.4. The van der Waals surface area contributed by atoms with Crippen LogP contribution in [0.3, 0.4) is 0 Å². The van der Waals surface area contributed by atoms with Gasteiger partial charge in [0.25, 0.3) is 0 Å². The fraction of sp³-hybridized carbons (Fsp3) is 0.318. The van der Waals surface area contributed by atoms with Crippen molar-refractivity contribution in [1.29, 1.82) is 0 Å². The van der Waals surface area contributed by atoms with E-state index in [2.05, 4.69) is 14.5 Å². The van der Waals surface area contributed by atoms with Gasteiger partial charge in [-0.15, -0.1) is 0 Å². The van der Waals surface area contributed by atoms with Gasteiger partial charge in [-0.25, -0.2) is 18.4 Å². The number of pyridine rings is 1. The van der Waals surface area contributed by atoms with E-state index in [1.807, 2.05) is 24.5 Å². The van der Waals surface area contributed by atoms with Crippen LogP contribution in [0, 0.1) is 0 Å². The first-order valence-corrected chi connectivity index (χ1v) is 12.2. The molecule has 0 saturated carbocycles. The molecule has 0 amide bonds. The molecule has 0 spiro atoms. The quantitative estimate of drug-likeness (QED) is 0.562. The molecule has 1 aromatic carbocycles. The zero-order chi connectivity index (χ0) is 22.3. The summed E-state index contributed by atoms with van der Waals surface area (Å²) < 4.78 is 35.2. The Hall–Kier alpha value is -2.75. The summed E-state index contributed by atoms with van der Waals surface area (Å²) in [5.41, 5.74) is 2.70. The predicted molar refractivity (Wildman–Crippen MR) is 124 cm³/mol. The number of fused-ring (bicyclic) bond motifs is 1.